The van der Waals surface area contributed by atoms with Crippen LogP contribution in [0.25, 0.3) is 0 Å². The highest BCUT2D eigenvalue weighted by molar-refractivity contribution is 6.42. The van der Waals surface area contributed by atoms with Crippen LogP contribution in [-0.4, -0.2) is 44.9 Å². The normalized spacial score (nSPS) is 24.3. The van der Waals surface area contributed by atoms with E-state index in [4.69, 9.17) is 23.2 Å². The number of phenolic OH excluding ortho intramolecular Hbond substituents is 1. The first kappa shape index (κ1) is 15.2. The monoisotopic (exact) mass is 352 g/mol. The SMILES string of the molecule is CN1CCC(c2nnc3n2C[C@H](c2c(O)ccc(Cl)c2Cl)C3)C1. The summed E-state index contributed by atoms with van der Waals surface area (Å²) in [6.07, 6.45) is 1.84. The summed E-state index contributed by atoms with van der Waals surface area (Å²) >= 11 is 12.4. The third-order valence-electron chi connectivity index (χ3n) is 4.96. The van der Waals surface area contributed by atoms with Crippen molar-refractivity contribution in [3.63, 3.8) is 0 Å². The number of rotatable bonds is 2. The fraction of sp³-hybridized carbons (Fsp3) is 0.500. The summed E-state index contributed by atoms with van der Waals surface area (Å²) in [7, 11) is 2.13. The van der Waals surface area contributed by atoms with Crippen LogP contribution in [-0.2, 0) is 13.0 Å². The molecule has 0 radical (unpaired) electrons. The van der Waals surface area contributed by atoms with Crippen molar-refractivity contribution in [3.05, 3.63) is 39.4 Å². The minimum absolute atomic E-state index is 0.0876. The molecule has 3 heterocycles. The molecule has 4 rings (SSSR count). The van der Waals surface area contributed by atoms with E-state index < -0.39 is 0 Å². The molecule has 2 aliphatic rings. The molecule has 1 unspecified atom stereocenters. The number of likely N-dealkylation sites (N-methyl/N-ethyl adjacent to an activating group) is 1. The lowest BCUT2D eigenvalue weighted by Crippen LogP contribution is -2.16. The van der Waals surface area contributed by atoms with Crippen LogP contribution in [0.15, 0.2) is 12.1 Å². The van der Waals surface area contributed by atoms with Gasteiger partial charge >= 0.3 is 0 Å². The molecule has 2 aromatic rings. The van der Waals surface area contributed by atoms with Gasteiger partial charge in [0, 0.05) is 36.9 Å². The van der Waals surface area contributed by atoms with Crippen molar-refractivity contribution in [2.75, 3.05) is 20.1 Å². The Bertz CT molecular complexity index is 761. The Morgan fingerprint density at radius 3 is 2.74 bits per heavy atom. The number of halogens is 2. The molecule has 1 aromatic heterocycles. The van der Waals surface area contributed by atoms with E-state index in [1.54, 1.807) is 12.1 Å². The van der Waals surface area contributed by atoms with Gasteiger partial charge in [-0.1, -0.05) is 23.2 Å². The Morgan fingerprint density at radius 1 is 1.17 bits per heavy atom. The molecule has 1 N–H and O–H groups in total. The summed E-state index contributed by atoms with van der Waals surface area (Å²) in [4.78, 5) is 2.32. The Hall–Kier alpha value is -1.30. The Labute approximate surface area is 144 Å². The van der Waals surface area contributed by atoms with Crippen LogP contribution in [0.5, 0.6) is 5.75 Å². The van der Waals surface area contributed by atoms with Gasteiger partial charge in [0.1, 0.15) is 17.4 Å². The maximum atomic E-state index is 10.2. The van der Waals surface area contributed by atoms with Gasteiger partial charge in [0.15, 0.2) is 0 Å². The van der Waals surface area contributed by atoms with Crippen LogP contribution in [0.2, 0.25) is 10.0 Å². The maximum absolute atomic E-state index is 10.2. The van der Waals surface area contributed by atoms with E-state index in [1.165, 1.54) is 0 Å². The van der Waals surface area contributed by atoms with Crippen molar-refractivity contribution < 1.29 is 5.11 Å². The minimum atomic E-state index is 0.0876. The molecule has 0 aliphatic carbocycles. The van der Waals surface area contributed by atoms with Crippen molar-refractivity contribution >= 4 is 23.2 Å². The second-order valence-electron chi connectivity index (χ2n) is 6.53. The van der Waals surface area contributed by atoms with E-state index in [0.29, 0.717) is 16.0 Å². The molecule has 1 fully saturated rings. The lowest BCUT2D eigenvalue weighted by molar-refractivity contribution is 0.407. The number of nitrogens with zero attached hydrogens (tertiary/aromatic N) is 4. The number of aromatic hydroxyl groups is 1. The first-order valence-electron chi connectivity index (χ1n) is 7.82. The Kier molecular flexibility index (Phi) is 3.75. The van der Waals surface area contributed by atoms with Crippen molar-refractivity contribution in [2.24, 2.45) is 0 Å². The molecule has 0 amide bonds. The number of aromatic nitrogens is 3. The second-order valence-corrected chi connectivity index (χ2v) is 7.31. The molecule has 2 atom stereocenters. The second kappa shape index (κ2) is 5.65. The van der Waals surface area contributed by atoms with Gasteiger partial charge in [0.05, 0.1) is 10.0 Å². The zero-order valence-electron chi connectivity index (χ0n) is 12.8. The van der Waals surface area contributed by atoms with E-state index in [1.807, 2.05) is 0 Å². The summed E-state index contributed by atoms with van der Waals surface area (Å²) in [5, 5.41) is 19.9. The van der Waals surface area contributed by atoms with E-state index in [0.717, 1.165) is 49.7 Å². The van der Waals surface area contributed by atoms with E-state index in [9.17, 15) is 5.11 Å². The van der Waals surface area contributed by atoms with Crippen molar-refractivity contribution in [1.82, 2.24) is 19.7 Å². The van der Waals surface area contributed by atoms with Gasteiger partial charge in [0.25, 0.3) is 0 Å². The zero-order valence-corrected chi connectivity index (χ0v) is 14.3. The fourth-order valence-corrected chi connectivity index (χ4v) is 4.27. The van der Waals surface area contributed by atoms with Gasteiger partial charge in [-0.15, -0.1) is 10.2 Å². The summed E-state index contributed by atoms with van der Waals surface area (Å²) in [5.74, 6) is 2.75. The molecule has 1 saturated heterocycles. The standard InChI is InChI=1S/C16H18Cl2N4O/c1-21-5-4-9(7-21)16-20-19-13-6-10(8-22(13)16)14-12(23)3-2-11(17)15(14)18/h2-3,9-10,23H,4-8H2,1H3/t9?,10-/m1/s1. The molecule has 2 aliphatic heterocycles. The minimum Gasteiger partial charge on any atom is -0.508 e. The average Bonchev–Trinajstić information content (AvgIpc) is 3.19. The predicted octanol–water partition coefficient (Wildman–Crippen LogP) is 3.05. The highest BCUT2D eigenvalue weighted by Crippen LogP contribution is 2.42. The number of hydrogen-bond donors (Lipinski definition) is 1. The molecule has 7 heteroatoms. The highest BCUT2D eigenvalue weighted by Gasteiger charge is 2.34. The third kappa shape index (κ3) is 2.51. The number of benzene rings is 1. The molecule has 23 heavy (non-hydrogen) atoms. The molecule has 1 aromatic carbocycles. The van der Waals surface area contributed by atoms with Crippen LogP contribution >= 0.6 is 23.2 Å². The van der Waals surface area contributed by atoms with Gasteiger partial charge in [0.2, 0.25) is 0 Å². The number of fused-ring (bicyclic) bond motifs is 1. The Morgan fingerprint density at radius 2 is 2.00 bits per heavy atom. The lowest BCUT2D eigenvalue weighted by atomic mass is 9.96. The molecule has 5 nitrogen and oxygen atoms in total. The summed E-state index contributed by atoms with van der Waals surface area (Å²) < 4.78 is 2.20. The summed E-state index contributed by atoms with van der Waals surface area (Å²) in [5.41, 5.74) is 0.721. The van der Waals surface area contributed by atoms with Gasteiger partial charge in [-0.2, -0.15) is 0 Å². The quantitative estimate of drug-likeness (QED) is 0.902. The first-order chi connectivity index (χ1) is 11.0. The van der Waals surface area contributed by atoms with Crippen molar-refractivity contribution in [3.8, 4) is 5.75 Å². The smallest absolute Gasteiger partial charge is 0.137 e. The Balaban J connectivity index is 1.64. The molecular formula is C16H18Cl2N4O. The summed E-state index contributed by atoms with van der Waals surface area (Å²) in [6.45, 7) is 2.86. The number of hydrogen-bond acceptors (Lipinski definition) is 4. The van der Waals surface area contributed by atoms with E-state index in [-0.39, 0.29) is 11.7 Å². The zero-order chi connectivity index (χ0) is 16.1. The summed E-state index contributed by atoms with van der Waals surface area (Å²) in [6, 6.07) is 3.23. The maximum Gasteiger partial charge on any atom is 0.137 e. The third-order valence-corrected chi connectivity index (χ3v) is 5.78. The van der Waals surface area contributed by atoms with Crippen molar-refractivity contribution in [1.29, 1.82) is 0 Å². The number of likely N-dealkylation sites (tertiary alicyclic amines) is 1. The predicted molar refractivity (Wildman–Crippen MR) is 89.4 cm³/mol. The van der Waals surface area contributed by atoms with E-state index >= 15 is 0 Å². The highest BCUT2D eigenvalue weighted by atomic mass is 35.5. The van der Waals surface area contributed by atoms with E-state index in [2.05, 4.69) is 26.7 Å². The first-order valence-corrected chi connectivity index (χ1v) is 8.57. The van der Waals surface area contributed by atoms with Gasteiger partial charge < -0.3 is 14.6 Å². The topological polar surface area (TPSA) is 54.2 Å². The van der Waals surface area contributed by atoms with Crippen LogP contribution in [0, 0.1) is 0 Å². The molecule has 122 valence electrons. The molecular weight excluding hydrogens is 335 g/mol. The largest absolute Gasteiger partial charge is 0.508 e. The fourth-order valence-electron chi connectivity index (χ4n) is 3.79. The van der Waals surface area contributed by atoms with Gasteiger partial charge in [-0.05, 0) is 32.1 Å². The van der Waals surface area contributed by atoms with Crippen LogP contribution in [0.4, 0.5) is 0 Å². The number of phenols is 1. The molecule has 0 spiro atoms. The van der Waals surface area contributed by atoms with Gasteiger partial charge in [-0.3, -0.25) is 0 Å². The van der Waals surface area contributed by atoms with Gasteiger partial charge in [-0.25, -0.2) is 0 Å². The van der Waals surface area contributed by atoms with Crippen LogP contribution in [0.1, 0.15) is 35.5 Å². The van der Waals surface area contributed by atoms with Crippen LogP contribution in [0.3, 0.4) is 0 Å². The average molecular weight is 353 g/mol. The van der Waals surface area contributed by atoms with Crippen molar-refractivity contribution in [2.45, 2.75) is 31.2 Å². The van der Waals surface area contributed by atoms with Crippen LogP contribution < -0.4 is 0 Å². The molecule has 0 bridgehead atoms. The molecule has 0 saturated carbocycles. The lowest BCUT2D eigenvalue weighted by Gasteiger charge is -2.16.